The van der Waals surface area contributed by atoms with E-state index in [2.05, 4.69) is 39.8 Å². The minimum Gasteiger partial charge on any atom is -0.383 e. The van der Waals surface area contributed by atoms with Crippen molar-refractivity contribution in [2.75, 3.05) is 39.4 Å². The number of nitrogens with zero attached hydrogens (tertiary/aromatic N) is 2. The van der Waals surface area contributed by atoms with Gasteiger partial charge < -0.3 is 20.5 Å². The quantitative estimate of drug-likeness (QED) is 0.456. The molecule has 7 heteroatoms. The SMILES string of the molecule is CCNC(=NCc1ccccc1CN1CCOCC1)NCC(C)(O)c1cccs1. The van der Waals surface area contributed by atoms with Crippen LogP contribution in [-0.2, 0) is 23.4 Å². The molecule has 2 aromatic rings. The Bertz CT molecular complexity index is 771. The first-order chi connectivity index (χ1) is 14.1. The van der Waals surface area contributed by atoms with Crippen molar-refractivity contribution in [3.8, 4) is 0 Å². The van der Waals surface area contributed by atoms with Gasteiger partial charge in [0.25, 0.3) is 0 Å². The Balaban J connectivity index is 1.64. The third kappa shape index (κ3) is 6.54. The molecule has 3 rings (SSSR count). The van der Waals surface area contributed by atoms with Gasteiger partial charge in [-0.3, -0.25) is 4.90 Å². The summed E-state index contributed by atoms with van der Waals surface area (Å²) in [5.74, 6) is 0.713. The Kier molecular flexibility index (Phi) is 8.06. The molecule has 1 unspecified atom stereocenters. The molecule has 158 valence electrons. The monoisotopic (exact) mass is 416 g/mol. The van der Waals surface area contributed by atoms with Crippen LogP contribution in [-0.4, -0.2) is 55.4 Å². The number of thiophene rings is 1. The van der Waals surface area contributed by atoms with Gasteiger partial charge in [-0.15, -0.1) is 11.3 Å². The lowest BCUT2D eigenvalue weighted by molar-refractivity contribution is 0.0341. The van der Waals surface area contributed by atoms with Crippen LogP contribution in [0.5, 0.6) is 0 Å². The van der Waals surface area contributed by atoms with Gasteiger partial charge in [0, 0.05) is 31.1 Å². The Morgan fingerprint density at radius 3 is 2.62 bits per heavy atom. The standard InChI is InChI=1S/C22H32N4O2S/c1-3-23-21(25-17-22(2,27)20-9-6-14-29-20)24-15-18-7-4-5-8-19(18)16-26-10-12-28-13-11-26/h4-9,14,27H,3,10-13,15-17H2,1-2H3,(H2,23,24,25). The number of ether oxygens (including phenoxy) is 1. The van der Waals surface area contributed by atoms with Crippen LogP contribution in [0.3, 0.4) is 0 Å². The fraction of sp³-hybridized carbons (Fsp3) is 0.500. The maximum absolute atomic E-state index is 10.8. The first-order valence-electron chi connectivity index (χ1n) is 10.2. The molecule has 3 N–H and O–H groups in total. The van der Waals surface area contributed by atoms with Gasteiger partial charge in [-0.25, -0.2) is 4.99 Å². The van der Waals surface area contributed by atoms with Gasteiger partial charge in [0.1, 0.15) is 5.60 Å². The molecule has 1 fully saturated rings. The molecule has 1 aromatic carbocycles. The molecule has 0 radical (unpaired) electrons. The zero-order chi connectivity index (χ0) is 20.5. The molecule has 1 aliphatic rings. The molecule has 0 saturated carbocycles. The maximum atomic E-state index is 10.8. The predicted octanol–water partition coefficient (Wildman–Crippen LogP) is 2.54. The van der Waals surface area contributed by atoms with Crippen molar-refractivity contribution in [1.29, 1.82) is 0 Å². The third-order valence-corrected chi connectivity index (χ3v) is 6.14. The molecule has 29 heavy (non-hydrogen) atoms. The van der Waals surface area contributed by atoms with Crippen LogP contribution in [0.25, 0.3) is 0 Å². The number of hydrogen-bond acceptors (Lipinski definition) is 5. The zero-order valence-corrected chi connectivity index (χ0v) is 18.2. The van der Waals surface area contributed by atoms with Crippen LogP contribution >= 0.6 is 11.3 Å². The van der Waals surface area contributed by atoms with Gasteiger partial charge in [0.2, 0.25) is 0 Å². The highest BCUT2D eigenvalue weighted by molar-refractivity contribution is 7.10. The number of rotatable bonds is 8. The largest absolute Gasteiger partial charge is 0.383 e. The second-order valence-corrected chi connectivity index (χ2v) is 8.40. The molecule has 6 nitrogen and oxygen atoms in total. The number of benzene rings is 1. The Morgan fingerprint density at radius 1 is 1.17 bits per heavy atom. The first kappa shape index (κ1) is 21.8. The van der Waals surface area contributed by atoms with Crippen LogP contribution < -0.4 is 10.6 Å². The molecule has 0 bridgehead atoms. The highest BCUT2D eigenvalue weighted by Crippen LogP contribution is 2.24. The van der Waals surface area contributed by atoms with Crippen LogP contribution in [0.2, 0.25) is 0 Å². The number of morpholine rings is 1. The number of aliphatic hydroxyl groups is 1. The summed E-state index contributed by atoms with van der Waals surface area (Å²) >= 11 is 1.56. The Morgan fingerprint density at radius 2 is 1.93 bits per heavy atom. The average Bonchev–Trinajstić information content (AvgIpc) is 3.28. The smallest absolute Gasteiger partial charge is 0.191 e. The van der Waals surface area contributed by atoms with E-state index in [0.29, 0.717) is 19.0 Å². The lowest BCUT2D eigenvalue weighted by atomic mass is 10.1. The average molecular weight is 417 g/mol. The number of guanidine groups is 1. The van der Waals surface area contributed by atoms with Crippen LogP contribution in [0.1, 0.15) is 29.9 Å². The predicted molar refractivity (Wildman–Crippen MR) is 119 cm³/mol. The van der Waals surface area contributed by atoms with Crippen LogP contribution in [0.15, 0.2) is 46.8 Å². The summed E-state index contributed by atoms with van der Waals surface area (Å²) in [5, 5.41) is 19.3. The summed E-state index contributed by atoms with van der Waals surface area (Å²) in [6.45, 7) is 10.1. The highest BCUT2D eigenvalue weighted by Gasteiger charge is 2.24. The fourth-order valence-corrected chi connectivity index (χ4v) is 4.09. The number of hydrogen-bond donors (Lipinski definition) is 3. The second kappa shape index (κ2) is 10.7. The lowest BCUT2D eigenvalue weighted by Crippen LogP contribution is -2.44. The van der Waals surface area contributed by atoms with Crippen molar-refractivity contribution < 1.29 is 9.84 Å². The van der Waals surface area contributed by atoms with Crippen molar-refractivity contribution in [2.24, 2.45) is 4.99 Å². The Labute approximate surface area is 177 Å². The van der Waals surface area contributed by atoms with E-state index in [4.69, 9.17) is 9.73 Å². The van der Waals surface area contributed by atoms with Gasteiger partial charge in [0.15, 0.2) is 5.96 Å². The summed E-state index contributed by atoms with van der Waals surface area (Å²) in [4.78, 5) is 8.13. The van der Waals surface area contributed by atoms with Crippen molar-refractivity contribution >= 4 is 17.3 Å². The summed E-state index contributed by atoms with van der Waals surface area (Å²) in [6, 6.07) is 12.4. The number of aliphatic imine (C=N–C) groups is 1. The van der Waals surface area contributed by atoms with Crippen molar-refractivity contribution in [2.45, 2.75) is 32.5 Å². The molecule has 1 aliphatic heterocycles. The molecular formula is C22H32N4O2S. The molecule has 1 saturated heterocycles. The summed E-state index contributed by atoms with van der Waals surface area (Å²) < 4.78 is 5.45. The molecule has 0 spiro atoms. The van der Waals surface area contributed by atoms with E-state index in [-0.39, 0.29) is 0 Å². The molecule has 1 aromatic heterocycles. The van der Waals surface area contributed by atoms with Crippen molar-refractivity contribution in [1.82, 2.24) is 15.5 Å². The molecular weight excluding hydrogens is 384 g/mol. The second-order valence-electron chi connectivity index (χ2n) is 7.46. The first-order valence-corrected chi connectivity index (χ1v) is 11.1. The lowest BCUT2D eigenvalue weighted by Gasteiger charge is -2.27. The minimum atomic E-state index is -0.932. The van der Waals surface area contributed by atoms with Gasteiger partial charge in [-0.05, 0) is 36.4 Å². The third-order valence-electron chi connectivity index (χ3n) is 5.02. The fourth-order valence-electron chi connectivity index (χ4n) is 3.30. The summed E-state index contributed by atoms with van der Waals surface area (Å²) in [6.07, 6.45) is 0. The molecule has 0 aliphatic carbocycles. The normalized spacial score (nSPS) is 17.7. The van der Waals surface area contributed by atoms with Gasteiger partial charge in [-0.2, -0.15) is 0 Å². The van der Waals surface area contributed by atoms with Crippen molar-refractivity contribution in [3.05, 3.63) is 57.8 Å². The topological polar surface area (TPSA) is 69.1 Å². The molecule has 2 heterocycles. The summed E-state index contributed by atoms with van der Waals surface area (Å²) in [7, 11) is 0. The van der Waals surface area contributed by atoms with E-state index in [1.807, 2.05) is 31.4 Å². The van der Waals surface area contributed by atoms with Gasteiger partial charge in [-0.1, -0.05) is 30.3 Å². The van der Waals surface area contributed by atoms with Gasteiger partial charge in [0.05, 0.1) is 26.3 Å². The van der Waals surface area contributed by atoms with Crippen molar-refractivity contribution in [3.63, 3.8) is 0 Å². The van der Waals surface area contributed by atoms with E-state index in [1.165, 1.54) is 11.1 Å². The van der Waals surface area contributed by atoms with E-state index >= 15 is 0 Å². The van der Waals surface area contributed by atoms with E-state index in [1.54, 1.807) is 11.3 Å². The number of nitrogens with one attached hydrogen (secondary N) is 2. The maximum Gasteiger partial charge on any atom is 0.191 e. The van der Waals surface area contributed by atoms with E-state index < -0.39 is 5.60 Å². The van der Waals surface area contributed by atoms with Gasteiger partial charge >= 0.3 is 0 Å². The van der Waals surface area contributed by atoms with E-state index in [9.17, 15) is 5.11 Å². The van der Waals surface area contributed by atoms with Crippen LogP contribution in [0, 0.1) is 0 Å². The Hall–Kier alpha value is -1.93. The zero-order valence-electron chi connectivity index (χ0n) is 17.4. The molecule has 0 amide bonds. The van der Waals surface area contributed by atoms with Crippen LogP contribution in [0.4, 0.5) is 0 Å². The van der Waals surface area contributed by atoms with E-state index in [0.717, 1.165) is 44.3 Å². The minimum absolute atomic E-state index is 0.398. The summed E-state index contributed by atoms with van der Waals surface area (Å²) in [5.41, 5.74) is 1.60. The molecule has 1 atom stereocenters. The highest BCUT2D eigenvalue weighted by atomic mass is 32.1.